The van der Waals surface area contributed by atoms with Crippen molar-refractivity contribution in [2.75, 3.05) is 30.5 Å². The maximum atomic E-state index is 13.9. The predicted molar refractivity (Wildman–Crippen MR) is 90.7 cm³/mol. The van der Waals surface area contributed by atoms with E-state index in [4.69, 9.17) is 9.47 Å². The molecule has 2 aromatic rings. The van der Waals surface area contributed by atoms with E-state index in [0.717, 1.165) is 6.07 Å². The van der Waals surface area contributed by atoms with E-state index in [0.29, 0.717) is 11.4 Å². The van der Waals surface area contributed by atoms with Crippen LogP contribution < -0.4 is 15.0 Å². The molecule has 2 amide bonds. The van der Waals surface area contributed by atoms with Crippen molar-refractivity contribution in [2.24, 2.45) is 0 Å². The van der Waals surface area contributed by atoms with Crippen LogP contribution in [0.2, 0.25) is 0 Å². The second kappa shape index (κ2) is 7.22. The van der Waals surface area contributed by atoms with Gasteiger partial charge in [0.25, 0.3) is 5.91 Å². The molecule has 0 saturated heterocycles. The van der Waals surface area contributed by atoms with E-state index in [1.807, 2.05) is 0 Å². The number of rotatable bonds is 4. The summed E-state index contributed by atoms with van der Waals surface area (Å²) in [5.41, 5.74) is 0.684. The average molecular weight is 358 g/mol. The van der Waals surface area contributed by atoms with Gasteiger partial charge in [0, 0.05) is 6.07 Å². The Kier molecular flexibility index (Phi) is 4.83. The van der Waals surface area contributed by atoms with Crippen molar-refractivity contribution in [1.29, 1.82) is 0 Å². The lowest BCUT2D eigenvalue weighted by molar-refractivity contribution is -0.124. The number of amides is 2. The van der Waals surface area contributed by atoms with Crippen LogP contribution in [0.4, 0.5) is 15.8 Å². The van der Waals surface area contributed by atoms with Crippen molar-refractivity contribution in [2.45, 2.75) is 0 Å². The number of carbonyl (C=O) groups excluding carboxylic acids is 3. The first-order chi connectivity index (χ1) is 12.5. The molecule has 2 aromatic carbocycles. The van der Waals surface area contributed by atoms with Crippen molar-refractivity contribution in [3.63, 3.8) is 0 Å². The van der Waals surface area contributed by atoms with E-state index in [1.165, 1.54) is 24.1 Å². The third-order valence-corrected chi connectivity index (χ3v) is 3.79. The van der Waals surface area contributed by atoms with Crippen LogP contribution in [0.1, 0.15) is 10.4 Å². The third kappa shape index (κ3) is 3.49. The van der Waals surface area contributed by atoms with Crippen molar-refractivity contribution in [3.8, 4) is 5.75 Å². The fourth-order valence-corrected chi connectivity index (χ4v) is 2.53. The minimum absolute atomic E-state index is 0.190. The zero-order valence-corrected chi connectivity index (χ0v) is 13.8. The number of hydrogen-bond acceptors (Lipinski definition) is 5. The number of methoxy groups -OCH3 is 1. The summed E-state index contributed by atoms with van der Waals surface area (Å²) in [7, 11) is 1.37. The smallest absolute Gasteiger partial charge is 0.341 e. The fraction of sp³-hybridized carbons (Fsp3) is 0.167. The summed E-state index contributed by atoms with van der Waals surface area (Å²) in [6, 6.07) is 10.4. The maximum absolute atomic E-state index is 13.9. The summed E-state index contributed by atoms with van der Waals surface area (Å²) in [5.74, 6) is -2.48. The van der Waals surface area contributed by atoms with Crippen LogP contribution in [-0.2, 0) is 14.3 Å². The van der Waals surface area contributed by atoms with E-state index in [1.54, 1.807) is 24.3 Å². The monoisotopic (exact) mass is 358 g/mol. The van der Waals surface area contributed by atoms with Gasteiger partial charge in [-0.3, -0.25) is 14.5 Å². The van der Waals surface area contributed by atoms with Crippen LogP contribution in [-0.4, -0.2) is 38.0 Å². The minimum Gasteiger partial charge on any atom is -0.497 e. The van der Waals surface area contributed by atoms with Gasteiger partial charge < -0.3 is 14.8 Å². The number of nitrogens with one attached hydrogen (secondary N) is 1. The van der Waals surface area contributed by atoms with Gasteiger partial charge in [-0.05, 0) is 24.3 Å². The number of ether oxygens (including phenoxy) is 2. The Hall–Kier alpha value is -3.42. The Morgan fingerprint density at radius 3 is 2.73 bits per heavy atom. The molecule has 1 N–H and O–H groups in total. The number of nitrogens with zero attached hydrogens (tertiary/aromatic N) is 1. The minimum atomic E-state index is -0.978. The molecular weight excluding hydrogens is 343 g/mol. The first-order valence-electron chi connectivity index (χ1n) is 7.69. The van der Waals surface area contributed by atoms with Gasteiger partial charge in [-0.2, -0.15) is 0 Å². The summed E-state index contributed by atoms with van der Waals surface area (Å²) in [5, 5.41) is 2.65. The topological polar surface area (TPSA) is 84.9 Å². The number of hydrogen-bond donors (Lipinski definition) is 1. The van der Waals surface area contributed by atoms with Gasteiger partial charge in [0.15, 0.2) is 6.61 Å². The van der Waals surface area contributed by atoms with E-state index in [9.17, 15) is 18.8 Å². The molecule has 0 radical (unpaired) electrons. The molecule has 134 valence electrons. The van der Waals surface area contributed by atoms with E-state index >= 15 is 0 Å². The zero-order chi connectivity index (χ0) is 18.7. The molecule has 3 rings (SSSR count). The molecule has 0 saturated carbocycles. The quantitative estimate of drug-likeness (QED) is 0.845. The van der Waals surface area contributed by atoms with Crippen LogP contribution >= 0.6 is 0 Å². The summed E-state index contributed by atoms with van der Waals surface area (Å²) in [6.07, 6.45) is 0. The first-order valence-corrected chi connectivity index (χ1v) is 7.69. The largest absolute Gasteiger partial charge is 0.497 e. The average Bonchev–Trinajstić information content (AvgIpc) is 2.64. The zero-order valence-electron chi connectivity index (χ0n) is 13.8. The molecule has 1 aliphatic heterocycles. The first kappa shape index (κ1) is 17.4. The Morgan fingerprint density at radius 1 is 1.23 bits per heavy atom. The van der Waals surface area contributed by atoms with E-state index < -0.39 is 24.3 Å². The molecule has 26 heavy (non-hydrogen) atoms. The highest BCUT2D eigenvalue weighted by Gasteiger charge is 2.27. The lowest BCUT2D eigenvalue weighted by Gasteiger charge is -2.28. The summed E-state index contributed by atoms with van der Waals surface area (Å²) >= 11 is 0. The molecule has 0 aromatic heterocycles. The summed E-state index contributed by atoms with van der Waals surface area (Å²) in [4.78, 5) is 37.3. The number of benzene rings is 2. The van der Waals surface area contributed by atoms with Crippen molar-refractivity contribution in [3.05, 3.63) is 53.8 Å². The van der Waals surface area contributed by atoms with Gasteiger partial charge in [-0.15, -0.1) is 0 Å². The summed E-state index contributed by atoms with van der Waals surface area (Å²) < 4.78 is 23.7. The Balaban J connectivity index is 1.69. The predicted octanol–water partition coefficient (Wildman–Crippen LogP) is 1.98. The molecule has 0 atom stereocenters. The molecule has 1 heterocycles. The lowest BCUT2D eigenvalue weighted by atomic mass is 10.2. The van der Waals surface area contributed by atoms with Crippen molar-refractivity contribution < 1.29 is 28.2 Å². The highest BCUT2D eigenvalue weighted by molar-refractivity contribution is 6.10. The van der Waals surface area contributed by atoms with Gasteiger partial charge in [-0.1, -0.05) is 12.1 Å². The maximum Gasteiger partial charge on any atom is 0.341 e. The lowest BCUT2D eigenvalue weighted by Crippen LogP contribution is -2.44. The number of esters is 1. The standard InChI is InChI=1S/C18H15FN2O5/c1-25-11-6-7-12(13(19)8-11)18(24)26-10-17(23)21-9-16(22)20-14-4-2-3-5-15(14)21/h2-8H,9-10H2,1H3,(H,20,22). The van der Waals surface area contributed by atoms with Gasteiger partial charge in [0.1, 0.15) is 18.1 Å². The molecule has 0 fully saturated rings. The van der Waals surface area contributed by atoms with Gasteiger partial charge in [0.2, 0.25) is 5.91 Å². The highest BCUT2D eigenvalue weighted by Crippen LogP contribution is 2.28. The van der Waals surface area contributed by atoms with E-state index in [-0.39, 0.29) is 23.8 Å². The Morgan fingerprint density at radius 2 is 2.00 bits per heavy atom. The summed E-state index contributed by atoms with van der Waals surface area (Å²) in [6.45, 7) is -0.809. The molecule has 1 aliphatic rings. The number of carbonyl (C=O) groups is 3. The van der Waals surface area contributed by atoms with Crippen LogP contribution in [0, 0.1) is 5.82 Å². The van der Waals surface area contributed by atoms with Crippen LogP contribution in [0.15, 0.2) is 42.5 Å². The Bertz CT molecular complexity index is 884. The van der Waals surface area contributed by atoms with Gasteiger partial charge in [0.05, 0.1) is 24.0 Å². The SMILES string of the molecule is COc1ccc(C(=O)OCC(=O)N2CC(=O)Nc3ccccc32)c(F)c1. The normalized spacial score (nSPS) is 12.8. The third-order valence-electron chi connectivity index (χ3n) is 3.79. The molecule has 0 aliphatic carbocycles. The molecule has 0 spiro atoms. The van der Waals surface area contributed by atoms with Crippen LogP contribution in [0.25, 0.3) is 0 Å². The van der Waals surface area contributed by atoms with Crippen molar-refractivity contribution in [1.82, 2.24) is 0 Å². The fourth-order valence-electron chi connectivity index (χ4n) is 2.53. The highest BCUT2D eigenvalue weighted by atomic mass is 19.1. The second-order valence-electron chi connectivity index (χ2n) is 5.47. The van der Waals surface area contributed by atoms with Crippen LogP contribution in [0.3, 0.4) is 0 Å². The number of fused-ring (bicyclic) bond motifs is 1. The Labute approximate surface area is 148 Å². The molecular formula is C18H15FN2O5. The molecule has 8 heteroatoms. The number of para-hydroxylation sites is 2. The van der Waals surface area contributed by atoms with Crippen LogP contribution in [0.5, 0.6) is 5.75 Å². The molecule has 0 unspecified atom stereocenters. The van der Waals surface area contributed by atoms with Gasteiger partial charge >= 0.3 is 5.97 Å². The molecule has 0 bridgehead atoms. The van der Waals surface area contributed by atoms with Gasteiger partial charge in [-0.25, -0.2) is 9.18 Å². The molecule has 7 nitrogen and oxygen atoms in total. The number of anilines is 2. The second-order valence-corrected chi connectivity index (χ2v) is 5.47. The number of halogens is 1. The van der Waals surface area contributed by atoms with Crippen molar-refractivity contribution >= 4 is 29.2 Å². The van der Waals surface area contributed by atoms with E-state index in [2.05, 4.69) is 5.32 Å².